The number of methoxy groups -OCH3 is 1. The molecule has 0 spiro atoms. The molecule has 100 valence electrons. The van der Waals surface area contributed by atoms with E-state index in [-0.39, 0.29) is 6.03 Å². The summed E-state index contributed by atoms with van der Waals surface area (Å²) < 4.78 is 10.2. The van der Waals surface area contributed by atoms with Crippen LogP contribution in [0.4, 0.5) is 10.5 Å². The Labute approximate surface area is 111 Å². The van der Waals surface area contributed by atoms with Gasteiger partial charge < -0.3 is 19.7 Å². The number of benzene rings is 1. The lowest BCUT2D eigenvalue weighted by atomic mass is 10.2. The summed E-state index contributed by atoms with van der Waals surface area (Å²) in [4.78, 5) is 13.6. The van der Waals surface area contributed by atoms with Crippen LogP contribution in [0.15, 0.2) is 18.2 Å². The largest absolute Gasteiger partial charge is 0.495 e. The van der Waals surface area contributed by atoms with Gasteiger partial charge in [0.15, 0.2) is 0 Å². The van der Waals surface area contributed by atoms with E-state index in [2.05, 4.69) is 5.32 Å². The highest BCUT2D eigenvalue weighted by Gasteiger charge is 2.17. The lowest BCUT2D eigenvalue weighted by Gasteiger charge is -2.27. The number of nitrogens with one attached hydrogen (secondary N) is 1. The molecule has 0 aliphatic carbocycles. The molecule has 0 aromatic heterocycles. The fraction of sp³-hybridized carbons (Fsp3) is 0.385. The maximum absolute atomic E-state index is 12.0. The van der Waals surface area contributed by atoms with Crippen molar-refractivity contribution in [2.75, 3.05) is 38.7 Å². The van der Waals surface area contributed by atoms with Crippen molar-refractivity contribution >= 4 is 11.7 Å². The Kier molecular flexibility index (Phi) is 4.21. The van der Waals surface area contributed by atoms with Gasteiger partial charge in [0, 0.05) is 18.8 Å². The molecule has 19 heavy (non-hydrogen) atoms. The lowest BCUT2D eigenvalue weighted by Crippen LogP contribution is -2.43. The highest BCUT2D eigenvalue weighted by atomic mass is 16.5. The molecule has 0 radical (unpaired) electrons. The number of nitrogens with zero attached hydrogens (tertiary/aromatic N) is 2. The SMILES string of the molecule is COc1ccc(NC(=O)N2CCOCC2)cc1C#N. The highest BCUT2D eigenvalue weighted by molar-refractivity contribution is 5.89. The summed E-state index contributed by atoms with van der Waals surface area (Å²) in [6.45, 7) is 2.26. The number of amides is 2. The molecule has 0 bridgehead atoms. The minimum absolute atomic E-state index is 0.183. The first-order valence-electron chi connectivity index (χ1n) is 5.96. The quantitative estimate of drug-likeness (QED) is 0.874. The van der Waals surface area contributed by atoms with E-state index in [0.717, 1.165) is 0 Å². The first-order chi connectivity index (χ1) is 9.24. The topological polar surface area (TPSA) is 74.6 Å². The number of hydrogen-bond donors (Lipinski definition) is 1. The molecule has 2 amide bonds. The second-order valence-corrected chi connectivity index (χ2v) is 4.06. The van der Waals surface area contributed by atoms with E-state index in [1.807, 2.05) is 6.07 Å². The van der Waals surface area contributed by atoms with E-state index in [1.165, 1.54) is 7.11 Å². The average molecular weight is 261 g/mol. The van der Waals surface area contributed by atoms with Crippen LogP contribution in [0, 0.1) is 11.3 Å². The normalized spacial score (nSPS) is 14.6. The predicted molar refractivity (Wildman–Crippen MR) is 69.1 cm³/mol. The third-order valence-corrected chi connectivity index (χ3v) is 2.87. The fourth-order valence-electron chi connectivity index (χ4n) is 1.84. The van der Waals surface area contributed by atoms with Crippen LogP contribution in [-0.4, -0.2) is 44.3 Å². The molecular weight excluding hydrogens is 246 g/mol. The number of carbonyl (C=O) groups is 1. The molecule has 1 aliphatic heterocycles. The zero-order valence-electron chi connectivity index (χ0n) is 10.7. The highest BCUT2D eigenvalue weighted by Crippen LogP contribution is 2.21. The Morgan fingerprint density at radius 1 is 1.47 bits per heavy atom. The molecule has 1 aliphatic rings. The van der Waals surface area contributed by atoms with Crippen molar-refractivity contribution in [1.82, 2.24) is 4.90 Å². The van der Waals surface area contributed by atoms with Crippen LogP contribution in [0.5, 0.6) is 5.75 Å². The molecule has 0 saturated carbocycles. The van der Waals surface area contributed by atoms with Crippen LogP contribution in [0.1, 0.15) is 5.56 Å². The number of carbonyl (C=O) groups excluding carboxylic acids is 1. The van der Waals surface area contributed by atoms with E-state index >= 15 is 0 Å². The third-order valence-electron chi connectivity index (χ3n) is 2.87. The number of urea groups is 1. The molecule has 1 heterocycles. The van der Waals surface area contributed by atoms with Gasteiger partial charge in [-0.2, -0.15) is 5.26 Å². The number of hydrogen-bond acceptors (Lipinski definition) is 4. The van der Waals surface area contributed by atoms with E-state index in [0.29, 0.717) is 43.3 Å². The van der Waals surface area contributed by atoms with Gasteiger partial charge in [-0.15, -0.1) is 0 Å². The maximum Gasteiger partial charge on any atom is 0.322 e. The molecule has 1 aromatic carbocycles. The summed E-state index contributed by atoms with van der Waals surface area (Å²) in [6, 6.07) is 6.81. The van der Waals surface area contributed by atoms with Crippen molar-refractivity contribution < 1.29 is 14.3 Å². The predicted octanol–water partition coefficient (Wildman–Crippen LogP) is 1.43. The lowest BCUT2D eigenvalue weighted by molar-refractivity contribution is 0.0564. The van der Waals surface area contributed by atoms with E-state index in [4.69, 9.17) is 14.7 Å². The number of ether oxygens (including phenoxy) is 2. The molecule has 1 N–H and O–H groups in total. The van der Waals surface area contributed by atoms with Crippen LogP contribution in [-0.2, 0) is 4.74 Å². The minimum Gasteiger partial charge on any atom is -0.495 e. The summed E-state index contributed by atoms with van der Waals surface area (Å²) in [5.41, 5.74) is 0.969. The molecule has 6 nitrogen and oxygen atoms in total. The van der Waals surface area contributed by atoms with Crippen molar-refractivity contribution in [3.05, 3.63) is 23.8 Å². The molecule has 1 fully saturated rings. The van der Waals surface area contributed by atoms with E-state index in [9.17, 15) is 4.79 Å². The molecule has 1 aromatic rings. The van der Waals surface area contributed by atoms with Crippen molar-refractivity contribution in [3.8, 4) is 11.8 Å². The Hall–Kier alpha value is -2.26. The van der Waals surface area contributed by atoms with Gasteiger partial charge in [-0.25, -0.2) is 4.79 Å². The van der Waals surface area contributed by atoms with Crippen molar-refractivity contribution in [2.45, 2.75) is 0 Å². The van der Waals surface area contributed by atoms with Gasteiger partial charge in [-0.05, 0) is 18.2 Å². The number of morpholine rings is 1. The molecular formula is C13H15N3O3. The summed E-state index contributed by atoms with van der Waals surface area (Å²) in [5.74, 6) is 0.492. The third kappa shape index (κ3) is 3.14. The summed E-state index contributed by atoms with van der Waals surface area (Å²) in [6.07, 6.45) is 0. The minimum atomic E-state index is -0.183. The molecule has 1 saturated heterocycles. The van der Waals surface area contributed by atoms with Crippen molar-refractivity contribution in [2.24, 2.45) is 0 Å². The molecule has 6 heteroatoms. The fourth-order valence-corrected chi connectivity index (χ4v) is 1.84. The van der Waals surface area contributed by atoms with Gasteiger partial charge in [-0.1, -0.05) is 0 Å². The van der Waals surface area contributed by atoms with E-state index in [1.54, 1.807) is 23.1 Å². The van der Waals surface area contributed by atoms with Gasteiger partial charge in [-0.3, -0.25) is 0 Å². The zero-order chi connectivity index (χ0) is 13.7. The number of rotatable bonds is 2. The van der Waals surface area contributed by atoms with Gasteiger partial charge in [0.1, 0.15) is 11.8 Å². The Morgan fingerprint density at radius 2 is 2.21 bits per heavy atom. The van der Waals surface area contributed by atoms with Crippen LogP contribution in [0.3, 0.4) is 0 Å². The summed E-state index contributed by atoms with van der Waals surface area (Å²) in [5, 5.41) is 11.7. The van der Waals surface area contributed by atoms with Gasteiger partial charge in [0.05, 0.1) is 25.9 Å². The van der Waals surface area contributed by atoms with Crippen LogP contribution >= 0.6 is 0 Å². The maximum atomic E-state index is 12.0. The smallest absolute Gasteiger partial charge is 0.322 e. The van der Waals surface area contributed by atoms with Crippen molar-refractivity contribution in [3.63, 3.8) is 0 Å². The monoisotopic (exact) mass is 261 g/mol. The first kappa shape index (κ1) is 13.2. The number of nitriles is 1. The van der Waals surface area contributed by atoms with Gasteiger partial charge in [0.2, 0.25) is 0 Å². The summed E-state index contributed by atoms with van der Waals surface area (Å²) >= 11 is 0. The second kappa shape index (κ2) is 6.07. The Bertz CT molecular complexity index is 504. The summed E-state index contributed by atoms with van der Waals surface area (Å²) in [7, 11) is 1.50. The standard InChI is InChI=1S/C13H15N3O3/c1-18-12-3-2-11(8-10(12)9-14)15-13(17)16-4-6-19-7-5-16/h2-3,8H,4-7H2,1H3,(H,15,17). The first-order valence-corrected chi connectivity index (χ1v) is 5.96. The van der Waals surface area contributed by atoms with Gasteiger partial charge in [0.25, 0.3) is 0 Å². The Morgan fingerprint density at radius 3 is 2.84 bits per heavy atom. The average Bonchev–Trinajstić information content (AvgIpc) is 2.48. The van der Waals surface area contributed by atoms with Crippen LogP contribution in [0.25, 0.3) is 0 Å². The molecule has 0 unspecified atom stereocenters. The van der Waals surface area contributed by atoms with E-state index < -0.39 is 0 Å². The zero-order valence-corrected chi connectivity index (χ0v) is 10.7. The second-order valence-electron chi connectivity index (χ2n) is 4.06. The molecule has 2 rings (SSSR count). The number of anilines is 1. The van der Waals surface area contributed by atoms with Crippen molar-refractivity contribution in [1.29, 1.82) is 5.26 Å². The van der Waals surface area contributed by atoms with Crippen LogP contribution < -0.4 is 10.1 Å². The van der Waals surface area contributed by atoms with Crippen LogP contribution in [0.2, 0.25) is 0 Å². The molecule has 0 atom stereocenters. The van der Waals surface area contributed by atoms with Gasteiger partial charge >= 0.3 is 6.03 Å². The Balaban J connectivity index is 2.06.